The van der Waals surface area contributed by atoms with E-state index in [1.807, 2.05) is 0 Å². The van der Waals surface area contributed by atoms with Gasteiger partial charge in [-0.15, -0.1) is 0 Å². The van der Waals surface area contributed by atoms with Crippen LogP contribution >= 0.6 is 0 Å². The molecule has 31 heavy (non-hydrogen) atoms. The van der Waals surface area contributed by atoms with E-state index >= 15 is 0 Å². The molecule has 6 nitrogen and oxygen atoms in total. The fourth-order valence-corrected chi connectivity index (χ4v) is 5.41. The largest absolute Gasteiger partial charge is 0.478 e. The van der Waals surface area contributed by atoms with Crippen molar-refractivity contribution in [3.63, 3.8) is 0 Å². The summed E-state index contributed by atoms with van der Waals surface area (Å²) in [5.41, 5.74) is 0. The Bertz CT molecular complexity index is 661. The lowest BCUT2D eigenvalue weighted by molar-refractivity contribution is -0.197. The van der Waals surface area contributed by atoms with Gasteiger partial charge in [0.15, 0.2) is 14.6 Å². The predicted molar refractivity (Wildman–Crippen MR) is 122 cm³/mol. The number of hydrogen-bond acceptors (Lipinski definition) is 5. The average Bonchev–Trinajstić information content (AvgIpc) is 2.86. The highest BCUT2D eigenvalue weighted by molar-refractivity contribution is 6.74. The fraction of sp³-hybridized carbons (Fsp3) is 0.792. The van der Waals surface area contributed by atoms with Gasteiger partial charge in [-0.2, -0.15) is 0 Å². The molecule has 0 aromatic carbocycles. The molecule has 6 atom stereocenters. The van der Waals surface area contributed by atoms with Crippen LogP contribution in [0.4, 0.5) is 0 Å². The standard InChI is InChI=1S/C24H40O6Si/c1-24(2,3)31(4,5)28-16-19-18-10-8-9-17(12-13-22(25)26)29-20(18)15-21(19)30-23-11-6-7-14-27-23/h8,10,12-13,17-21,23H,6-7,9,11,14-16H2,1-5H3,(H,25,26)/t17-,18-,19-,20+,21-,23?/m1/s1. The molecular formula is C24H40O6Si. The van der Waals surface area contributed by atoms with Crippen LogP contribution in [0.15, 0.2) is 24.3 Å². The van der Waals surface area contributed by atoms with Crippen molar-refractivity contribution in [3.8, 4) is 0 Å². The summed E-state index contributed by atoms with van der Waals surface area (Å²) in [5.74, 6) is -0.555. The molecule has 0 bridgehead atoms. The number of fused-ring (bicyclic) bond motifs is 1. The monoisotopic (exact) mass is 452 g/mol. The predicted octanol–water partition coefficient (Wildman–Crippen LogP) is 4.91. The number of rotatable bonds is 7. The van der Waals surface area contributed by atoms with Gasteiger partial charge in [-0.05, 0) is 49.9 Å². The first kappa shape index (κ1) is 24.6. The maximum atomic E-state index is 10.9. The van der Waals surface area contributed by atoms with Crippen LogP contribution in [0.2, 0.25) is 18.1 Å². The first-order valence-electron chi connectivity index (χ1n) is 11.7. The fourth-order valence-electron chi connectivity index (χ4n) is 4.37. The molecule has 1 saturated heterocycles. The van der Waals surface area contributed by atoms with Gasteiger partial charge in [-0.3, -0.25) is 0 Å². The van der Waals surface area contributed by atoms with E-state index in [0.29, 0.717) is 13.0 Å². The third kappa shape index (κ3) is 6.51. The Morgan fingerprint density at radius 2 is 2.06 bits per heavy atom. The lowest BCUT2D eigenvalue weighted by Gasteiger charge is -2.38. The molecule has 2 heterocycles. The Balaban J connectivity index is 1.74. The van der Waals surface area contributed by atoms with E-state index in [-0.39, 0.29) is 41.5 Å². The second-order valence-corrected chi connectivity index (χ2v) is 15.4. The van der Waals surface area contributed by atoms with Crippen LogP contribution in [0.1, 0.15) is 52.9 Å². The Kier molecular flexibility index (Phi) is 8.19. The molecule has 0 radical (unpaired) electrons. The SMILES string of the molecule is CC(C)(C)[Si](C)(C)OC[C@@H]1[C@H]2C=CC[C@H](C=CC(=O)O)O[C@H]2C[C@H]1OC1CCCCO1. The van der Waals surface area contributed by atoms with Gasteiger partial charge in [-0.25, -0.2) is 4.79 Å². The Labute approximate surface area is 188 Å². The summed E-state index contributed by atoms with van der Waals surface area (Å²) in [6.07, 6.45) is 11.4. The number of aliphatic carboxylic acids is 1. The molecule has 176 valence electrons. The second-order valence-electron chi connectivity index (χ2n) is 10.6. The topological polar surface area (TPSA) is 74.2 Å². The van der Waals surface area contributed by atoms with Gasteiger partial charge >= 0.3 is 5.97 Å². The van der Waals surface area contributed by atoms with E-state index in [1.165, 1.54) is 6.08 Å². The minimum absolute atomic E-state index is 0.00900. The molecule has 0 amide bonds. The van der Waals surface area contributed by atoms with Gasteiger partial charge in [0, 0.05) is 37.5 Å². The summed E-state index contributed by atoms with van der Waals surface area (Å²) in [5, 5.41) is 9.12. The van der Waals surface area contributed by atoms with Crippen LogP contribution in [0, 0.1) is 11.8 Å². The lowest BCUT2D eigenvalue weighted by Crippen LogP contribution is -2.44. The van der Waals surface area contributed by atoms with Crippen molar-refractivity contribution in [3.05, 3.63) is 24.3 Å². The lowest BCUT2D eigenvalue weighted by atomic mass is 9.94. The summed E-state index contributed by atoms with van der Waals surface area (Å²) in [7, 11) is -1.89. The van der Waals surface area contributed by atoms with Crippen LogP contribution in [0.3, 0.4) is 0 Å². The molecule has 7 heteroatoms. The van der Waals surface area contributed by atoms with E-state index < -0.39 is 14.3 Å². The third-order valence-electron chi connectivity index (χ3n) is 7.30. The van der Waals surface area contributed by atoms with Crippen molar-refractivity contribution in [2.75, 3.05) is 13.2 Å². The van der Waals surface area contributed by atoms with E-state index in [4.69, 9.17) is 23.7 Å². The summed E-state index contributed by atoms with van der Waals surface area (Å²) >= 11 is 0. The molecule has 1 unspecified atom stereocenters. The molecule has 3 rings (SSSR count). The van der Waals surface area contributed by atoms with Gasteiger partial charge in [0.05, 0.1) is 18.3 Å². The maximum Gasteiger partial charge on any atom is 0.328 e. The van der Waals surface area contributed by atoms with E-state index in [2.05, 4.69) is 46.0 Å². The summed E-state index contributed by atoms with van der Waals surface area (Å²) in [4.78, 5) is 10.9. The summed E-state index contributed by atoms with van der Waals surface area (Å²) < 4.78 is 25.3. The van der Waals surface area contributed by atoms with E-state index in [1.54, 1.807) is 6.08 Å². The van der Waals surface area contributed by atoms with E-state index in [9.17, 15) is 4.79 Å². The smallest absolute Gasteiger partial charge is 0.328 e. The van der Waals surface area contributed by atoms with Crippen molar-refractivity contribution in [2.45, 2.75) is 95.6 Å². The van der Waals surface area contributed by atoms with Gasteiger partial charge < -0.3 is 23.7 Å². The Morgan fingerprint density at radius 3 is 2.71 bits per heavy atom. The molecule has 2 aliphatic heterocycles. The highest BCUT2D eigenvalue weighted by Crippen LogP contribution is 2.43. The number of carboxylic acids is 1. The number of ether oxygens (including phenoxy) is 3. The van der Waals surface area contributed by atoms with Gasteiger partial charge in [0.2, 0.25) is 0 Å². The van der Waals surface area contributed by atoms with Gasteiger partial charge in [-0.1, -0.05) is 32.9 Å². The van der Waals surface area contributed by atoms with Crippen LogP contribution < -0.4 is 0 Å². The first-order valence-corrected chi connectivity index (χ1v) is 14.6. The van der Waals surface area contributed by atoms with Crippen molar-refractivity contribution in [2.24, 2.45) is 11.8 Å². The zero-order chi connectivity index (χ0) is 22.6. The molecule has 0 spiro atoms. The maximum absolute atomic E-state index is 10.9. The van der Waals surface area contributed by atoms with Crippen molar-refractivity contribution >= 4 is 14.3 Å². The normalized spacial score (nSPS) is 34.6. The minimum atomic E-state index is -1.89. The Morgan fingerprint density at radius 1 is 1.29 bits per heavy atom. The highest BCUT2D eigenvalue weighted by Gasteiger charge is 2.47. The molecule has 1 aliphatic carbocycles. The zero-order valence-corrected chi connectivity index (χ0v) is 20.7. The zero-order valence-electron chi connectivity index (χ0n) is 19.7. The highest BCUT2D eigenvalue weighted by atomic mass is 28.4. The Hall–Kier alpha value is -0.993. The molecule has 0 aromatic rings. The van der Waals surface area contributed by atoms with Crippen molar-refractivity contribution in [1.82, 2.24) is 0 Å². The van der Waals surface area contributed by atoms with Crippen LogP contribution in [-0.2, 0) is 23.4 Å². The molecule has 3 aliphatic rings. The van der Waals surface area contributed by atoms with Gasteiger partial charge in [0.1, 0.15) is 0 Å². The number of carboxylic acid groups (broad SMARTS) is 1. The van der Waals surface area contributed by atoms with Crippen LogP contribution in [0.5, 0.6) is 0 Å². The number of hydrogen-bond donors (Lipinski definition) is 1. The molecular weight excluding hydrogens is 412 g/mol. The summed E-state index contributed by atoms with van der Waals surface area (Å²) in [6.45, 7) is 12.8. The first-order chi connectivity index (χ1) is 14.6. The molecule has 2 fully saturated rings. The van der Waals surface area contributed by atoms with Gasteiger partial charge in [0.25, 0.3) is 0 Å². The van der Waals surface area contributed by atoms with Crippen molar-refractivity contribution in [1.29, 1.82) is 0 Å². The minimum Gasteiger partial charge on any atom is -0.478 e. The summed E-state index contributed by atoms with van der Waals surface area (Å²) in [6, 6.07) is 0. The second kappa shape index (κ2) is 10.3. The van der Waals surface area contributed by atoms with Crippen molar-refractivity contribution < 1.29 is 28.5 Å². The molecule has 0 aromatic heterocycles. The quantitative estimate of drug-likeness (QED) is 0.336. The number of carbonyl (C=O) groups is 1. The average molecular weight is 453 g/mol. The third-order valence-corrected chi connectivity index (χ3v) is 11.8. The molecule has 1 saturated carbocycles. The van der Waals surface area contributed by atoms with Crippen LogP contribution in [-0.4, -0.2) is 57.2 Å². The van der Waals surface area contributed by atoms with Crippen LogP contribution in [0.25, 0.3) is 0 Å². The molecule has 1 N–H and O–H groups in total. The van der Waals surface area contributed by atoms with E-state index in [0.717, 1.165) is 32.3 Å².